The maximum Gasteiger partial charge on any atom is 0.253 e. The highest BCUT2D eigenvalue weighted by atomic mass is 16.5. The molecule has 98 valence electrons. The SMILES string of the molecule is C[C@@H]1CCCCCN1C(=O)[C@H]1CN(C)CCO1. The third kappa shape index (κ3) is 3.19. The summed E-state index contributed by atoms with van der Waals surface area (Å²) in [5.41, 5.74) is 0. The molecule has 2 fully saturated rings. The maximum atomic E-state index is 12.4. The van der Waals surface area contributed by atoms with Gasteiger partial charge >= 0.3 is 0 Å². The molecule has 0 N–H and O–H groups in total. The number of ether oxygens (including phenoxy) is 1. The lowest BCUT2D eigenvalue weighted by Gasteiger charge is -2.35. The van der Waals surface area contributed by atoms with Crippen LogP contribution in [0.1, 0.15) is 32.6 Å². The molecule has 0 radical (unpaired) electrons. The number of hydrogen-bond acceptors (Lipinski definition) is 3. The first-order chi connectivity index (χ1) is 8.18. The van der Waals surface area contributed by atoms with Gasteiger partial charge in [-0.25, -0.2) is 0 Å². The third-order valence-electron chi connectivity index (χ3n) is 3.88. The molecule has 2 atom stereocenters. The standard InChI is InChI=1S/C13H24N2O2/c1-11-6-4-3-5-7-15(11)13(16)12-10-14(2)8-9-17-12/h11-12H,3-10H2,1-2H3/t11-,12-/m1/s1. The summed E-state index contributed by atoms with van der Waals surface area (Å²) in [6.07, 6.45) is 4.53. The zero-order valence-electron chi connectivity index (χ0n) is 11.0. The second-order valence-electron chi connectivity index (χ2n) is 5.35. The van der Waals surface area contributed by atoms with Gasteiger partial charge in [0.1, 0.15) is 6.10 Å². The van der Waals surface area contributed by atoms with Gasteiger partial charge < -0.3 is 14.5 Å². The first-order valence-corrected chi connectivity index (χ1v) is 6.79. The van der Waals surface area contributed by atoms with E-state index in [1.165, 1.54) is 12.8 Å². The van der Waals surface area contributed by atoms with Gasteiger partial charge in [-0.1, -0.05) is 12.8 Å². The first-order valence-electron chi connectivity index (χ1n) is 6.79. The maximum absolute atomic E-state index is 12.4. The molecule has 0 spiro atoms. The van der Waals surface area contributed by atoms with Crippen LogP contribution in [0.4, 0.5) is 0 Å². The molecule has 4 nitrogen and oxygen atoms in total. The summed E-state index contributed by atoms with van der Waals surface area (Å²) in [7, 11) is 2.05. The van der Waals surface area contributed by atoms with E-state index in [9.17, 15) is 4.79 Å². The lowest BCUT2D eigenvalue weighted by Crippen LogP contribution is -2.52. The van der Waals surface area contributed by atoms with Crippen LogP contribution in [-0.4, -0.2) is 61.1 Å². The molecule has 17 heavy (non-hydrogen) atoms. The number of carbonyl (C=O) groups is 1. The fraction of sp³-hybridized carbons (Fsp3) is 0.923. The number of rotatable bonds is 1. The molecule has 2 aliphatic rings. The van der Waals surface area contributed by atoms with Gasteiger partial charge in [-0.05, 0) is 26.8 Å². The average Bonchev–Trinajstić information content (AvgIpc) is 2.53. The summed E-state index contributed by atoms with van der Waals surface area (Å²) >= 11 is 0. The molecule has 0 aromatic carbocycles. The number of likely N-dealkylation sites (N-methyl/N-ethyl adjacent to an activating group) is 1. The fourth-order valence-corrected chi connectivity index (χ4v) is 2.71. The number of nitrogens with zero attached hydrogens (tertiary/aromatic N) is 2. The number of amides is 1. The largest absolute Gasteiger partial charge is 0.366 e. The van der Waals surface area contributed by atoms with Crippen LogP contribution in [0.2, 0.25) is 0 Å². The van der Waals surface area contributed by atoms with Crippen molar-refractivity contribution in [3.8, 4) is 0 Å². The summed E-state index contributed by atoms with van der Waals surface area (Å²) in [4.78, 5) is 16.6. The van der Waals surface area contributed by atoms with E-state index in [0.29, 0.717) is 12.6 Å². The summed E-state index contributed by atoms with van der Waals surface area (Å²) in [6, 6.07) is 0.376. The first kappa shape index (κ1) is 12.8. The lowest BCUT2D eigenvalue weighted by molar-refractivity contribution is -0.150. The van der Waals surface area contributed by atoms with Crippen molar-refractivity contribution in [2.24, 2.45) is 0 Å². The van der Waals surface area contributed by atoms with Gasteiger partial charge in [-0.15, -0.1) is 0 Å². The highest BCUT2D eigenvalue weighted by Crippen LogP contribution is 2.18. The molecule has 4 heteroatoms. The molecule has 2 heterocycles. The fourth-order valence-electron chi connectivity index (χ4n) is 2.71. The molecule has 0 unspecified atom stereocenters. The van der Waals surface area contributed by atoms with Gasteiger partial charge in [-0.3, -0.25) is 4.79 Å². The van der Waals surface area contributed by atoms with Crippen molar-refractivity contribution < 1.29 is 9.53 Å². The van der Waals surface area contributed by atoms with Crippen LogP contribution in [0.15, 0.2) is 0 Å². The van der Waals surface area contributed by atoms with Crippen molar-refractivity contribution in [2.75, 3.05) is 33.3 Å². The van der Waals surface area contributed by atoms with E-state index in [-0.39, 0.29) is 12.0 Å². The normalized spacial score (nSPS) is 32.2. The van der Waals surface area contributed by atoms with Gasteiger partial charge in [0.15, 0.2) is 0 Å². The summed E-state index contributed by atoms with van der Waals surface area (Å²) in [6.45, 7) is 5.41. The van der Waals surface area contributed by atoms with Crippen LogP contribution in [0.25, 0.3) is 0 Å². The highest BCUT2D eigenvalue weighted by Gasteiger charge is 2.31. The molecular formula is C13H24N2O2. The van der Waals surface area contributed by atoms with E-state index in [4.69, 9.17) is 4.74 Å². The second-order valence-corrected chi connectivity index (χ2v) is 5.35. The van der Waals surface area contributed by atoms with Gasteiger partial charge in [-0.2, -0.15) is 0 Å². The van der Waals surface area contributed by atoms with E-state index in [1.807, 2.05) is 4.90 Å². The number of carbonyl (C=O) groups excluding carboxylic acids is 1. The van der Waals surface area contributed by atoms with Gasteiger partial charge in [0.2, 0.25) is 0 Å². The second kappa shape index (κ2) is 5.83. The van der Waals surface area contributed by atoms with Crippen LogP contribution in [0.5, 0.6) is 0 Å². The Balaban J connectivity index is 1.97. The zero-order valence-corrected chi connectivity index (χ0v) is 11.0. The molecule has 2 saturated heterocycles. The molecule has 0 aromatic rings. The third-order valence-corrected chi connectivity index (χ3v) is 3.88. The lowest BCUT2D eigenvalue weighted by atomic mass is 10.1. The Morgan fingerprint density at radius 1 is 1.24 bits per heavy atom. The minimum Gasteiger partial charge on any atom is -0.366 e. The van der Waals surface area contributed by atoms with Crippen molar-refractivity contribution in [3.63, 3.8) is 0 Å². The molecule has 0 aliphatic carbocycles. The van der Waals surface area contributed by atoms with E-state index in [2.05, 4.69) is 18.9 Å². The highest BCUT2D eigenvalue weighted by molar-refractivity contribution is 5.81. The Bertz CT molecular complexity index is 270. The summed E-state index contributed by atoms with van der Waals surface area (Å²) in [5, 5.41) is 0. The molecule has 0 saturated carbocycles. The van der Waals surface area contributed by atoms with Crippen molar-refractivity contribution in [3.05, 3.63) is 0 Å². The molecule has 2 aliphatic heterocycles. The van der Waals surface area contributed by atoms with E-state index < -0.39 is 0 Å². The topological polar surface area (TPSA) is 32.8 Å². The van der Waals surface area contributed by atoms with Gasteiger partial charge in [0, 0.05) is 25.7 Å². The molecule has 0 bridgehead atoms. The molecule has 1 amide bonds. The summed E-state index contributed by atoms with van der Waals surface area (Å²) in [5.74, 6) is 0.200. The predicted octanol–water partition coefficient (Wildman–Crippen LogP) is 1.11. The number of hydrogen-bond donors (Lipinski definition) is 0. The Hall–Kier alpha value is -0.610. The molecule has 2 rings (SSSR count). The van der Waals surface area contributed by atoms with Crippen molar-refractivity contribution in [1.82, 2.24) is 9.80 Å². The van der Waals surface area contributed by atoms with Crippen LogP contribution in [-0.2, 0) is 9.53 Å². The summed E-state index contributed by atoms with van der Waals surface area (Å²) < 4.78 is 5.62. The Kier molecular flexibility index (Phi) is 4.40. The van der Waals surface area contributed by atoms with E-state index in [0.717, 1.165) is 32.5 Å². The molecular weight excluding hydrogens is 216 g/mol. The average molecular weight is 240 g/mol. The quantitative estimate of drug-likeness (QED) is 0.688. The van der Waals surface area contributed by atoms with Gasteiger partial charge in [0.05, 0.1) is 6.61 Å². The number of likely N-dealkylation sites (tertiary alicyclic amines) is 1. The van der Waals surface area contributed by atoms with Crippen molar-refractivity contribution in [1.29, 1.82) is 0 Å². The Morgan fingerprint density at radius 2 is 2.06 bits per heavy atom. The predicted molar refractivity (Wildman–Crippen MR) is 66.9 cm³/mol. The zero-order chi connectivity index (χ0) is 12.3. The van der Waals surface area contributed by atoms with Gasteiger partial charge in [0.25, 0.3) is 5.91 Å². The smallest absolute Gasteiger partial charge is 0.253 e. The Labute approximate surface area is 104 Å². The van der Waals surface area contributed by atoms with Crippen molar-refractivity contribution >= 4 is 5.91 Å². The van der Waals surface area contributed by atoms with E-state index >= 15 is 0 Å². The Morgan fingerprint density at radius 3 is 2.82 bits per heavy atom. The van der Waals surface area contributed by atoms with Crippen LogP contribution >= 0.6 is 0 Å². The number of morpholine rings is 1. The van der Waals surface area contributed by atoms with Crippen LogP contribution in [0.3, 0.4) is 0 Å². The van der Waals surface area contributed by atoms with Crippen LogP contribution < -0.4 is 0 Å². The van der Waals surface area contributed by atoms with Crippen LogP contribution in [0, 0.1) is 0 Å². The molecule has 0 aromatic heterocycles. The van der Waals surface area contributed by atoms with Crippen molar-refractivity contribution in [2.45, 2.75) is 44.8 Å². The monoisotopic (exact) mass is 240 g/mol. The minimum atomic E-state index is -0.241. The minimum absolute atomic E-state index is 0.200. The van der Waals surface area contributed by atoms with E-state index in [1.54, 1.807) is 0 Å².